The summed E-state index contributed by atoms with van der Waals surface area (Å²) in [5.74, 6) is 0.00231. The predicted octanol–water partition coefficient (Wildman–Crippen LogP) is 1.59. The van der Waals surface area contributed by atoms with Crippen LogP contribution in [0.25, 0.3) is 0 Å². The molecule has 0 saturated carbocycles. The van der Waals surface area contributed by atoms with Gasteiger partial charge in [-0.25, -0.2) is 0 Å². The molecule has 0 N–H and O–H groups in total. The van der Waals surface area contributed by atoms with Gasteiger partial charge in [-0.05, 0) is 18.1 Å². The van der Waals surface area contributed by atoms with Gasteiger partial charge in [0.05, 0.1) is 0 Å². The maximum atomic E-state index is 10.4. The maximum absolute atomic E-state index is 10.4. The average Bonchev–Trinajstić information content (AvgIpc) is 2.12. The zero-order chi connectivity index (χ0) is 5.98. The Balaban J connectivity index is 0. The van der Waals surface area contributed by atoms with Crippen LogP contribution in [-0.2, 0) is 32.7 Å². The van der Waals surface area contributed by atoms with Crippen molar-refractivity contribution in [3.05, 3.63) is 24.0 Å². The fourth-order valence-electron chi connectivity index (χ4n) is 0.346. The molecule has 0 aliphatic carbocycles. The van der Waals surface area contributed by atoms with E-state index in [9.17, 15) is 4.79 Å². The molecule has 10 heavy (non-hydrogen) atoms. The smallest absolute Gasteiger partial charge is 0.112 e. The molecule has 0 saturated heterocycles. The van der Waals surface area contributed by atoms with Crippen molar-refractivity contribution in [2.24, 2.45) is 0 Å². The Morgan fingerprint density at radius 2 is 2.40 bits per heavy atom. The van der Waals surface area contributed by atoms with Gasteiger partial charge >= 0.3 is 0 Å². The van der Waals surface area contributed by atoms with Crippen molar-refractivity contribution in [1.29, 1.82) is 0 Å². The minimum Gasteiger partial charge on any atom is -0.383 e. The van der Waals surface area contributed by atoms with Crippen LogP contribution in [0.5, 0.6) is 0 Å². The van der Waals surface area contributed by atoms with Crippen LogP contribution in [0.1, 0.15) is 17.4 Å². The van der Waals surface area contributed by atoms with Gasteiger partial charge in [-0.15, -0.1) is 5.38 Å². The van der Waals surface area contributed by atoms with E-state index in [-0.39, 0.29) is 45.9 Å². The molecular weight excluding hydrogens is 223 g/mol. The van der Waals surface area contributed by atoms with Crippen LogP contribution in [-0.4, -0.2) is 10.8 Å². The van der Waals surface area contributed by atoms with Crippen molar-refractivity contribution in [3.63, 3.8) is 0 Å². The summed E-state index contributed by atoms with van der Waals surface area (Å²) in [6.07, 6.45) is 0. The summed E-state index contributed by atoms with van der Waals surface area (Å²) in [6, 6.07) is 0. The van der Waals surface area contributed by atoms with E-state index in [1.807, 2.05) is 0 Å². The minimum absolute atomic E-state index is 0. The molecule has 4 heteroatoms. The SMILES string of the molecule is CC(=O)c1cs[c-]n1.[CH3-].[Y]. The molecule has 2 nitrogen and oxygen atoms in total. The van der Waals surface area contributed by atoms with Crippen molar-refractivity contribution >= 4 is 17.1 Å². The summed E-state index contributed by atoms with van der Waals surface area (Å²) >= 11 is 1.31. The molecule has 0 amide bonds. The summed E-state index contributed by atoms with van der Waals surface area (Å²) in [6.45, 7) is 1.49. The van der Waals surface area contributed by atoms with Crippen molar-refractivity contribution < 1.29 is 37.5 Å². The molecule has 0 aliphatic rings. The number of ketones is 1. The van der Waals surface area contributed by atoms with Crippen molar-refractivity contribution in [2.75, 3.05) is 0 Å². The number of nitrogens with zero attached hydrogens (tertiary/aromatic N) is 1. The van der Waals surface area contributed by atoms with Gasteiger partial charge in [0.1, 0.15) is 5.78 Å². The molecule has 0 fully saturated rings. The number of thiazole rings is 1. The number of rotatable bonds is 1. The van der Waals surface area contributed by atoms with Gasteiger partial charge in [0.15, 0.2) is 0 Å². The summed E-state index contributed by atoms with van der Waals surface area (Å²) in [4.78, 5) is 14.1. The van der Waals surface area contributed by atoms with Crippen LogP contribution in [0.15, 0.2) is 5.38 Å². The van der Waals surface area contributed by atoms with E-state index in [0.29, 0.717) is 5.69 Å². The molecule has 0 bridgehead atoms. The third-order valence-corrected chi connectivity index (χ3v) is 1.29. The second kappa shape index (κ2) is 6.14. The van der Waals surface area contributed by atoms with Crippen LogP contribution in [0, 0.1) is 12.9 Å². The fraction of sp³-hybridized carbons (Fsp3) is 0.167. The molecule has 0 atom stereocenters. The molecule has 1 aromatic heterocycles. The molecule has 1 heterocycles. The normalized spacial score (nSPS) is 7.30. The van der Waals surface area contributed by atoms with Crippen molar-refractivity contribution in [1.82, 2.24) is 4.98 Å². The van der Waals surface area contributed by atoms with E-state index < -0.39 is 0 Å². The molecule has 0 spiro atoms. The maximum Gasteiger partial charge on any atom is 0.112 e. The zero-order valence-corrected chi connectivity index (χ0v) is 9.57. The van der Waals surface area contributed by atoms with Gasteiger partial charge in [0.25, 0.3) is 0 Å². The molecular formula is C6H7NOSY-2. The van der Waals surface area contributed by atoms with Gasteiger partial charge in [0, 0.05) is 32.7 Å². The summed E-state index contributed by atoms with van der Waals surface area (Å²) in [5, 5.41) is 1.68. The molecule has 0 aliphatic heterocycles. The number of hydrogen-bond acceptors (Lipinski definition) is 3. The van der Waals surface area contributed by atoms with E-state index in [0.717, 1.165) is 0 Å². The van der Waals surface area contributed by atoms with Crippen molar-refractivity contribution in [2.45, 2.75) is 6.92 Å². The molecule has 53 valence electrons. The molecule has 0 unspecified atom stereocenters. The van der Waals surface area contributed by atoms with Crippen LogP contribution in [0.4, 0.5) is 0 Å². The number of aromatic nitrogens is 1. The summed E-state index contributed by atoms with van der Waals surface area (Å²) in [7, 11) is 0. The number of carbonyl (C=O) groups excluding carboxylic acids is 1. The standard InChI is InChI=1S/C5H4NOS.CH3.Y/c1-4(7)5-2-8-3-6-5;;/h2H,1H3;1H3;/q2*-1;. The van der Waals surface area contributed by atoms with Gasteiger partial charge in [-0.3, -0.25) is 11.3 Å². The Bertz CT molecular complexity index is 186. The zero-order valence-electron chi connectivity index (χ0n) is 5.92. The topological polar surface area (TPSA) is 30.0 Å². The van der Waals surface area contributed by atoms with Crippen LogP contribution in [0.3, 0.4) is 0 Å². The van der Waals surface area contributed by atoms with E-state index >= 15 is 0 Å². The summed E-state index contributed by atoms with van der Waals surface area (Å²) in [5.41, 5.74) is 3.09. The van der Waals surface area contributed by atoms with Gasteiger partial charge in [0.2, 0.25) is 0 Å². The quantitative estimate of drug-likeness (QED) is 0.541. The first-order chi connectivity index (χ1) is 3.80. The second-order valence-electron chi connectivity index (χ2n) is 1.38. The van der Waals surface area contributed by atoms with Gasteiger partial charge in [-0.2, -0.15) is 0 Å². The summed E-state index contributed by atoms with van der Waals surface area (Å²) < 4.78 is 0. The Morgan fingerprint density at radius 3 is 2.60 bits per heavy atom. The van der Waals surface area contributed by atoms with E-state index in [1.165, 1.54) is 18.3 Å². The van der Waals surface area contributed by atoms with Gasteiger partial charge < -0.3 is 17.2 Å². The number of hydrogen-bond donors (Lipinski definition) is 0. The van der Waals surface area contributed by atoms with Crippen molar-refractivity contribution in [3.8, 4) is 0 Å². The monoisotopic (exact) mass is 230 g/mol. The van der Waals surface area contributed by atoms with Crippen LogP contribution < -0.4 is 0 Å². The first-order valence-electron chi connectivity index (χ1n) is 2.13. The molecule has 0 aromatic carbocycles. The number of Topliss-reactive ketones (excluding diaryl/α,β-unsaturated/α-hetero) is 1. The Kier molecular flexibility index (Phi) is 7.99. The Hall–Kier alpha value is 0.404. The third kappa shape index (κ3) is 3.54. The largest absolute Gasteiger partial charge is 0.383 e. The molecule has 1 radical (unpaired) electrons. The van der Waals surface area contributed by atoms with E-state index in [4.69, 9.17) is 0 Å². The number of carbonyl (C=O) groups is 1. The van der Waals surface area contributed by atoms with Crippen LogP contribution in [0.2, 0.25) is 0 Å². The Labute approximate surface area is 89.9 Å². The van der Waals surface area contributed by atoms with Crippen LogP contribution >= 0.6 is 11.3 Å². The first kappa shape index (κ1) is 13.0. The predicted molar refractivity (Wildman–Crippen MR) is 37.4 cm³/mol. The second-order valence-corrected chi connectivity index (χ2v) is 2.03. The third-order valence-electron chi connectivity index (χ3n) is 0.750. The molecule has 1 aromatic rings. The molecule has 1 rings (SSSR count). The average molecular weight is 230 g/mol. The minimum atomic E-state index is 0. The Morgan fingerprint density at radius 1 is 1.80 bits per heavy atom. The van der Waals surface area contributed by atoms with E-state index in [1.54, 1.807) is 5.38 Å². The first-order valence-corrected chi connectivity index (χ1v) is 3.01. The fourth-order valence-corrected chi connectivity index (χ4v) is 0.880. The van der Waals surface area contributed by atoms with Gasteiger partial charge in [-0.1, -0.05) is 0 Å². The van der Waals surface area contributed by atoms with E-state index in [2.05, 4.69) is 10.5 Å².